The van der Waals surface area contributed by atoms with Gasteiger partial charge in [0.25, 0.3) is 0 Å². The van der Waals surface area contributed by atoms with Gasteiger partial charge in [-0.05, 0) is 186 Å². The van der Waals surface area contributed by atoms with Crippen LogP contribution in [0.25, 0.3) is 0 Å². The summed E-state index contributed by atoms with van der Waals surface area (Å²) in [6.45, 7) is 16.6. The predicted octanol–water partition coefficient (Wildman–Crippen LogP) is 16.7. The van der Waals surface area contributed by atoms with Crippen LogP contribution in [0, 0.1) is 16.2 Å². The average molecular weight is 1440 g/mol. The van der Waals surface area contributed by atoms with Crippen molar-refractivity contribution < 1.29 is 52.6 Å². The van der Waals surface area contributed by atoms with Gasteiger partial charge in [0.1, 0.15) is 16.2 Å². The van der Waals surface area contributed by atoms with Gasteiger partial charge < -0.3 is 51.6 Å². The fraction of sp³-hybridized carbons (Fsp3) is 0.464. The molecule has 0 aliphatic rings. The van der Waals surface area contributed by atoms with E-state index in [-0.39, 0.29) is 32.1 Å². The van der Waals surface area contributed by atoms with Gasteiger partial charge in [0, 0.05) is 66.8 Å². The van der Waals surface area contributed by atoms with E-state index in [2.05, 4.69) is 61.7 Å². The SMILES string of the molecule is CCCCCCCCCCOC(=O)Nc1ccc(Cc2ccc(NC(=O)C(C)(C)C(=O)NCCN(CCNC(=O)C(C)(C)C(=O)Nc3ccc(Cc4ccc(NC(=O)OCCCCCCCCCC)cc4)cc3)C(=O)Nc3ccc(Cc4ccc(NC(=O)C(C)(C)C(=O)NCCC)cc4)cc3)cc2)cc1. The Hall–Kier alpha value is -10.1. The van der Waals surface area contributed by atoms with E-state index >= 15 is 0 Å². The summed E-state index contributed by atoms with van der Waals surface area (Å²) in [6, 6.07) is 43.7. The molecule has 10 amide bonds. The zero-order valence-corrected chi connectivity index (χ0v) is 63.4. The largest absolute Gasteiger partial charge is 0.449 e. The lowest BCUT2D eigenvalue weighted by Crippen LogP contribution is -2.50. The molecular formula is C84H114N10O11. The Labute approximate surface area is 622 Å². The third-order valence-corrected chi connectivity index (χ3v) is 18.5. The highest BCUT2D eigenvalue weighted by molar-refractivity contribution is 6.11. The van der Waals surface area contributed by atoms with E-state index in [9.17, 15) is 43.2 Å². The normalized spacial score (nSPS) is 11.3. The number of rotatable bonds is 44. The zero-order valence-electron chi connectivity index (χ0n) is 63.4. The molecule has 6 aromatic rings. The lowest BCUT2D eigenvalue weighted by atomic mass is 9.91. The molecule has 0 aliphatic carbocycles. The highest BCUT2D eigenvalue weighted by Gasteiger charge is 2.38. The van der Waals surface area contributed by atoms with E-state index in [1.54, 1.807) is 62.4 Å². The highest BCUT2D eigenvalue weighted by Crippen LogP contribution is 2.26. The predicted molar refractivity (Wildman–Crippen MR) is 419 cm³/mol. The molecule has 0 heterocycles. The summed E-state index contributed by atoms with van der Waals surface area (Å²) in [5.74, 6) is -3.05. The molecule has 9 N–H and O–H groups in total. The first-order valence-corrected chi connectivity index (χ1v) is 37.7. The Morgan fingerprint density at radius 2 is 0.524 bits per heavy atom. The smallest absolute Gasteiger partial charge is 0.411 e. The van der Waals surface area contributed by atoms with Gasteiger partial charge in [0.05, 0.1) is 13.2 Å². The lowest BCUT2D eigenvalue weighted by Gasteiger charge is -2.27. The molecule has 0 spiro atoms. The number of nitrogens with zero attached hydrogens (tertiary/aromatic N) is 1. The van der Waals surface area contributed by atoms with Crippen LogP contribution in [-0.2, 0) is 57.5 Å². The van der Waals surface area contributed by atoms with Crippen molar-refractivity contribution in [1.29, 1.82) is 0 Å². The fourth-order valence-electron chi connectivity index (χ4n) is 11.3. The number of anilines is 6. The summed E-state index contributed by atoms with van der Waals surface area (Å²) >= 11 is 0. The summed E-state index contributed by atoms with van der Waals surface area (Å²) in [5, 5.41) is 25.5. The monoisotopic (exact) mass is 1440 g/mol. The lowest BCUT2D eigenvalue weighted by molar-refractivity contribution is -0.139. The molecule has 0 bridgehead atoms. The molecule has 566 valence electrons. The van der Waals surface area contributed by atoms with E-state index in [4.69, 9.17) is 9.47 Å². The van der Waals surface area contributed by atoms with Crippen molar-refractivity contribution in [3.05, 3.63) is 179 Å². The number of nitrogens with one attached hydrogen (secondary N) is 9. The molecule has 6 rings (SSSR count). The molecule has 105 heavy (non-hydrogen) atoms. The van der Waals surface area contributed by atoms with Gasteiger partial charge in [-0.1, -0.05) is 183 Å². The van der Waals surface area contributed by atoms with Crippen molar-refractivity contribution >= 4 is 87.8 Å². The van der Waals surface area contributed by atoms with Gasteiger partial charge in [-0.15, -0.1) is 0 Å². The second kappa shape index (κ2) is 43.9. The average Bonchev–Trinajstić information content (AvgIpc) is 0.843. The molecule has 0 radical (unpaired) electrons. The Bertz CT molecular complexity index is 3540. The Morgan fingerprint density at radius 3 is 0.790 bits per heavy atom. The minimum absolute atomic E-state index is 0.0336. The molecule has 0 saturated heterocycles. The Morgan fingerprint density at radius 1 is 0.286 bits per heavy atom. The van der Waals surface area contributed by atoms with Crippen LogP contribution in [0.15, 0.2) is 146 Å². The maximum atomic E-state index is 14.2. The van der Waals surface area contributed by atoms with Gasteiger partial charge in [0.15, 0.2) is 0 Å². The second-order valence-electron chi connectivity index (χ2n) is 28.6. The highest BCUT2D eigenvalue weighted by atomic mass is 16.6. The third kappa shape index (κ3) is 29.6. The van der Waals surface area contributed by atoms with Crippen molar-refractivity contribution in [3.8, 4) is 0 Å². The zero-order chi connectivity index (χ0) is 76.0. The number of benzene rings is 6. The number of carbonyl (C=O) groups is 9. The maximum absolute atomic E-state index is 14.2. The van der Waals surface area contributed by atoms with Crippen molar-refractivity contribution in [3.63, 3.8) is 0 Å². The first-order chi connectivity index (χ1) is 50.4. The summed E-state index contributed by atoms with van der Waals surface area (Å²) in [6.07, 6.45) is 20.1. The van der Waals surface area contributed by atoms with E-state index in [1.807, 2.05) is 104 Å². The first-order valence-electron chi connectivity index (χ1n) is 37.7. The maximum Gasteiger partial charge on any atom is 0.411 e. The van der Waals surface area contributed by atoms with Crippen LogP contribution in [0.1, 0.15) is 205 Å². The van der Waals surface area contributed by atoms with Crippen molar-refractivity contribution in [2.45, 2.75) is 191 Å². The van der Waals surface area contributed by atoms with E-state index in [0.717, 1.165) is 78.3 Å². The van der Waals surface area contributed by atoms with Crippen LogP contribution in [0.5, 0.6) is 0 Å². The second-order valence-corrected chi connectivity index (χ2v) is 28.6. The number of ether oxygens (including phenoxy) is 2. The molecule has 0 unspecified atom stereocenters. The number of amides is 10. The Balaban J connectivity index is 1.00. The van der Waals surface area contributed by atoms with E-state index in [0.29, 0.717) is 73.1 Å². The van der Waals surface area contributed by atoms with Crippen molar-refractivity contribution in [1.82, 2.24) is 20.9 Å². The fourth-order valence-corrected chi connectivity index (χ4v) is 11.3. The topological polar surface area (TPSA) is 284 Å². The standard InChI is InChI=1S/C84H114N10O11/c1-10-13-15-17-19-21-23-25-56-104-80(102)92-71-47-35-65(36-48-71)59-62-29-41-68(42-30-62)89-77(99)83(6,7)74(96)86-52-54-94(79(101)91-70-45-33-64(34-46-70)58-61-27-39-67(40-28-61)88-76(98)82(4,5)73(95)85-51-12-3)55-53-87-75(97)84(8,9)78(100)90-69-43-31-63(32-44-69)60-66-37-49-72(50-38-66)93-81(103)105-57-26-24-22-20-18-16-14-11-2/h27-50H,10-26,51-60H2,1-9H3,(H,85,95)(H,86,96)(H,87,97)(H,88,98)(H,89,99)(H,90,100)(H,91,101)(H,92,102)(H,93,103). The number of unbranched alkanes of at least 4 members (excludes halogenated alkanes) is 14. The van der Waals surface area contributed by atoms with Crippen LogP contribution >= 0.6 is 0 Å². The van der Waals surface area contributed by atoms with Gasteiger partial charge >= 0.3 is 18.2 Å². The number of hydrogen-bond donors (Lipinski definition) is 9. The number of urea groups is 1. The molecule has 6 aromatic carbocycles. The van der Waals surface area contributed by atoms with Gasteiger partial charge in [-0.2, -0.15) is 0 Å². The Kier molecular flexibility index (Phi) is 35.1. The minimum atomic E-state index is -1.55. The molecular weight excluding hydrogens is 1320 g/mol. The van der Waals surface area contributed by atoms with Crippen LogP contribution in [0.3, 0.4) is 0 Å². The van der Waals surface area contributed by atoms with E-state index < -0.39 is 64.0 Å². The van der Waals surface area contributed by atoms with Crippen molar-refractivity contribution in [2.75, 3.05) is 77.8 Å². The molecule has 0 aromatic heterocycles. The molecule has 0 aliphatic heterocycles. The summed E-state index contributed by atoms with van der Waals surface area (Å²) in [4.78, 5) is 121. The van der Waals surface area contributed by atoms with Gasteiger partial charge in [-0.3, -0.25) is 39.4 Å². The van der Waals surface area contributed by atoms with Crippen LogP contribution in [0.4, 0.5) is 48.5 Å². The number of hydrogen-bond acceptors (Lipinski definition) is 11. The van der Waals surface area contributed by atoms with E-state index in [1.165, 1.54) is 96.8 Å². The quantitative estimate of drug-likeness (QED) is 0.0128. The molecule has 0 fully saturated rings. The van der Waals surface area contributed by atoms with Gasteiger partial charge in [0.2, 0.25) is 35.4 Å². The minimum Gasteiger partial charge on any atom is -0.449 e. The summed E-state index contributed by atoms with van der Waals surface area (Å²) in [7, 11) is 0. The first kappa shape index (κ1) is 83.9. The van der Waals surface area contributed by atoms with Crippen LogP contribution < -0.4 is 47.9 Å². The summed E-state index contributed by atoms with van der Waals surface area (Å²) in [5.41, 5.74) is 4.75. The van der Waals surface area contributed by atoms with Gasteiger partial charge in [-0.25, -0.2) is 14.4 Å². The molecule has 0 saturated carbocycles. The third-order valence-electron chi connectivity index (χ3n) is 18.5. The summed E-state index contributed by atoms with van der Waals surface area (Å²) < 4.78 is 10.8. The van der Waals surface area contributed by atoms with Crippen LogP contribution in [-0.4, -0.2) is 104 Å². The van der Waals surface area contributed by atoms with Crippen LogP contribution in [0.2, 0.25) is 0 Å². The van der Waals surface area contributed by atoms with Crippen molar-refractivity contribution in [2.24, 2.45) is 16.2 Å². The molecule has 0 atom stereocenters. The molecule has 21 heteroatoms. The molecule has 21 nitrogen and oxygen atoms in total. The number of carbonyl (C=O) groups excluding carboxylic acids is 9.